The van der Waals surface area contributed by atoms with Crippen molar-refractivity contribution in [1.29, 1.82) is 0 Å². The van der Waals surface area contributed by atoms with Crippen LogP contribution in [-0.4, -0.2) is 57.3 Å². The molecule has 0 aliphatic carbocycles. The first-order chi connectivity index (χ1) is 9.92. The Kier molecular flexibility index (Phi) is 3.63. The first-order valence-electron chi connectivity index (χ1n) is 6.96. The Balaban J connectivity index is 1.87. The summed E-state index contributed by atoms with van der Waals surface area (Å²) in [5.74, 6) is -3.19. The number of hydrogen-bond acceptors (Lipinski definition) is 8. The Morgan fingerprint density at radius 2 is 1.82 bits per heavy atom. The Labute approximate surface area is 129 Å². The highest BCUT2D eigenvalue weighted by molar-refractivity contribution is 7.84. The summed E-state index contributed by atoms with van der Waals surface area (Å²) in [6.07, 6.45) is -1.50. The fourth-order valence-electron chi connectivity index (χ4n) is 3.11. The topological polar surface area (TPSA) is 116 Å². The summed E-state index contributed by atoms with van der Waals surface area (Å²) in [7, 11) is -4.14. The predicted octanol–water partition coefficient (Wildman–Crippen LogP) is -0.395. The number of fused-ring (bicyclic) bond motifs is 3. The van der Waals surface area contributed by atoms with Crippen LogP contribution in [0, 0.1) is 0 Å². The van der Waals surface area contributed by atoms with E-state index in [0.29, 0.717) is 0 Å². The van der Waals surface area contributed by atoms with Crippen molar-refractivity contribution in [3.8, 4) is 0 Å². The van der Waals surface area contributed by atoms with Crippen LogP contribution in [0.15, 0.2) is 0 Å². The smallest absolute Gasteiger partial charge is 0.333 e. The third-order valence-electron chi connectivity index (χ3n) is 3.70. The van der Waals surface area contributed by atoms with Gasteiger partial charge < -0.3 is 23.7 Å². The van der Waals surface area contributed by atoms with Gasteiger partial charge >= 0.3 is 10.3 Å². The van der Waals surface area contributed by atoms with E-state index in [4.69, 9.17) is 33.0 Å². The lowest BCUT2D eigenvalue weighted by molar-refractivity contribution is -0.290. The monoisotopic (exact) mass is 339 g/mol. The van der Waals surface area contributed by atoms with E-state index in [1.165, 1.54) is 0 Å². The summed E-state index contributed by atoms with van der Waals surface area (Å²) in [4.78, 5) is 0. The van der Waals surface area contributed by atoms with Gasteiger partial charge in [0.05, 0.1) is 6.61 Å². The van der Waals surface area contributed by atoms with E-state index < -0.39 is 46.5 Å². The van der Waals surface area contributed by atoms with Crippen LogP contribution in [0.1, 0.15) is 27.7 Å². The van der Waals surface area contributed by atoms with Crippen LogP contribution in [0.3, 0.4) is 0 Å². The molecule has 22 heavy (non-hydrogen) atoms. The normalized spacial score (nSPS) is 42.9. The summed E-state index contributed by atoms with van der Waals surface area (Å²) in [5.41, 5.74) is 0. The van der Waals surface area contributed by atoms with Gasteiger partial charge in [-0.3, -0.25) is 4.18 Å². The molecule has 3 aliphatic heterocycles. The van der Waals surface area contributed by atoms with Crippen LogP contribution >= 0.6 is 0 Å². The van der Waals surface area contributed by atoms with E-state index in [2.05, 4.69) is 0 Å². The summed E-state index contributed by atoms with van der Waals surface area (Å²) < 4.78 is 55.9. The largest absolute Gasteiger partial charge is 0.343 e. The van der Waals surface area contributed by atoms with Crippen LogP contribution < -0.4 is 5.14 Å². The van der Waals surface area contributed by atoms with Gasteiger partial charge in [-0.2, -0.15) is 8.42 Å². The van der Waals surface area contributed by atoms with Gasteiger partial charge in [-0.1, -0.05) is 0 Å². The van der Waals surface area contributed by atoms with Gasteiger partial charge in [-0.25, -0.2) is 5.14 Å². The minimum Gasteiger partial charge on any atom is -0.343 e. The molecule has 0 aromatic rings. The fourth-order valence-corrected chi connectivity index (χ4v) is 3.44. The summed E-state index contributed by atoms with van der Waals surface area (Å²) in [6, 6.07) is 0. The standard InChI is InChI=1S/C12H21NO8S/c1-10(2)18-7-5-16-12(6-17-22(13,14)15)9(8(7)19-10)20-11(3,4)21-12/h7-9H,5-6H2,1-4H3,(H2,13,14,15)/t7-,8+,9-,12-/m0/s1. The summed E-state index contributed by atoms with van der Waals surface area (Å²) >= 11 is 0. The van der Waals surface area contributed by atoms with Crippen LogP contribution in [0.25, 0.3) is 0 Å². The molecule has 0 radical (unpaired) electrons. The van der Waals surface area contributed by atoms with E-state index in [1.54, 1.807) is 27.7 Å². The zero-order valence-corrected chi connectivity index (χ0v) is 13.7. The van der Waals surface area contributed by atoms with E-state index in [9.17, 15) is 8.42 Å². The van der Waals surface area contributed by atoms with Crippen molar-refractivity contribution in [3.05, 3.63) is 0 Å². The Bertz CT molecular complexity index is 561. The van der Waals surface area contributed by atoms with Gasteiger partial charge in [0.25, 0.3) is 0 Å². The zero-order chi connectivity index (χ0) is 16.4. The molecule has 9 nitrogen and oxygen atoms in total. The van der Waals surface area contributed by atoms with Crippen LogP contribution in [0.2, 0.25) is 0 Å². The number of rotatable bonds is 3. The highest BCUT2D eigenvalue weighted by atomic mass is 32.2. The molecule has 0 bridgehead atoms. The van der Waals surface area contributed by atoms with E-state index in [-0.39, 0.29) is 12.7 Å². The molecule has 10 heteroatoms. The van der Waals surface area contributed by atoms with E-state index in [1.807, 2.05) is 0 Å². The molecular formula is C12H21NO8S. The molecule has 0 amide bonds. The van der Waals surface area contributed by atoms with Gasteiger partial charge in [-0.05, 0) is 27.7 Å². The first-order valence-corrected chi connectivity index (χ1v) is 8.43. The molecule has 3 heterocycles. The fraction of sp³-hybridized carbons (Fsp3) is 1.00. The maximum Gasteiger partial charge on any atom is 0.333 e. The van der Waals surface area contributed by atoms with Crippen LogP contribution in [0.4, 0.5) is 0 Å². The number of hydrogen-bond donors (Lipinski definition) is 1. The second kappa shape index (κ2) is 4.84. The molecule has 0 unspecified atom stereocenters. The average Bonchev–Trinajstić information content (AvgIpc) is 2.78. The molecule has 0 saturated carbocycles. The molecule has 3 fully saturated rings. The van der Waals surface area contributed by atoms with Crippen molar-refractivity contribution in [2.24, 2.45) is 5.14 Å². The molecule has 128 valence electrons. The van der Waals surface area contributed by atoms with Gasteiger partial charge in [-0.15, -0.1) is 0 Å². The van der Waals surface area contributed by atoms with E-state index >= 15 is 0 Å². The van der Waals surface area contributed by atoms with Crippen molar-refractivity contribution >= 4 is 10.3 Å². The molecule has 0 spiro atoms. The number of ether oxygens (including phenoxy) is 5. The lowest BCUT2D eigenvalue weighted by Crippen LogP contribution is -2.60. The Hall–Kier alpha value is -0.330. The van der Waals surface area contributed by atoms with Gasteiger partial charge in [0.15, 0.2) is 11.6 Å². The van der Waals surface area contributed by atoms with Gasteiger partial charge in [0.1, 0.15) is 24.9 Å². The molecule has 0 aromatic carbocycles. The average molecular weight is 339 g/mol. The maximum absolute atomic E-state index is 11.1. The molecular weight excluding hydrogens is 318 g/mol. The molecule has 0 aromatic heterocycles. The molecule has 2 N–H and O–H groups in total. The predicted molar refractivity (Wildman–Crippen MR) is 71.6 cm³/mol. The third-order valence-corrected chi connectivity index (χ3v) is 4.15. The van der Waals surface area contributed by atoms with Crippen molar-refractivity contribution in [1.82, 2.24) is 0 Å². The highest BCUT2D eigenvalue weighted by Crippen LogP contribution is 2.47. The lowest BCUT2D eigenvalue weighted by atomic mass is 9.98. The summed E-state index contributed by atoms with van der Waals surface area (Å²) in [5, 5.41) is 4.89. The van der Waals surface area contributed by atoms with Gasteiger partial charge in [0.2, 0.25) is 5.79 Å². The first kappa shape index (κ1) is 16.5. The minimum atomic E-state index is -4.14. The summed E-state index contributed by atoms with van der Waals surface area (Å²) in [6.45, 7) is 6.71. The lowest BCUT2D eigenvalue weighted by Gasteiger charge is -2.40. The molecule has 3 saturated heterocycles. The Morgan fingerprint density at radius 3 is 2.45 bits per heavy atom. The number of nitrogens with two attached hydrogens (primary N) is 1. The second-order valence-electron chi connectivity index (χ2n) is 6.56. The third kappa shape index (κ3) is 3.02. The highest BCUT2D eigenvalue weighted by Gasteiger charge is 2.65. The Morgan fingerprint density at radius 1 is 1.14 bits per heavy atom. The molecule has 3 rings (SSSR count). The van der Waals surface area contributed by atoms with Crippen molar-refractivity contribution in [2.45, 2.75) is 63.4 Å². The van der Waals surface area contributed by atoms with E-state index in [0.717, 1.165) is 0 Å². The molecule has 3 aliphatic rings. The SMILES string of the molecule is CC1(C)O[C@@H]2[C@H](CO[C@@]3(COS(N)(=O)=O)OC(C)(C)O[C@@H]23)O1. The quantitative estimate of drug-likeness (QED) is 0.739. The van der Waals surface area contributed by atoms with Crippen LogP contribution in [-0.2, 0) is 38.2 Å². The van der Waals surface area contributed by atoms with Crippen molar-refractivity contribution < 1.29 is 36.3 Å². The zero-order valence-electron chi connectivity index (χ0n) is 12.9. The minimum absolute atomic E-state index is 0.165. The maximum atomic E-state index is 11.1. The van der Waals surface area contributed by atoms with Gasteiger partial charge in [0, 0.05) is 0 Å². The second-order valence-corrected chi connectivity index (χ2v) is 7.78. The molecule has 4 atom stereocenters. The van der Waals surface area contributed by atoms with Crippen molar-refractivity contribution in [2.75, 3.05) is 13.2 Å². The van der Waals surface area contributed by atoms with Crippen molar-refractivity contribution in [3.63, 3.8) is 0 Å². The van der Waals surface area contributed by atoms with Crippen LogP contribution in [0.5, 0.6) is 0 Å².